The maximum absolute atomic E-state index is 3.76. The predicted octanol–water partition coefficient (Wildman–Crippen LogP) is -0.311. The molecule has 0 aliphatic heterocycles. The molecule has 2 heterocycles. The molecule has 0 amide bonds. The van der Waals surface area contributed by atoms with Crippen molar-refractivity contribution in [2.75, 3.05) is 0 Å². The van der Waals surface area contributed by atoms with Crippen molar-refractivity contribution in [3.8, 4) is 0 Å². The summed E-state index contributed by atoms with van der Waals surface area (Å²) in [7, 11) is 0. The summed E-state index contributed by atoms with van der Waals surface area (Å²) >= 11 is 0. The molecular formula is C13H14BrN. The van der Waals surface area contributed by atoms with Gasteiger partial charge in [0.25, 0.3) is 0 Å². The van der Waals surface area contributed by atoms with E-state index in [1.54, 1.807) is 0 Å². The van der Waals surface area contributed by atoms with E-state index in [1.807, 2.05) is 6.08 Å². The van der Waals surface area contributed by atoms with E-state index in [0.717, 1.165) is 5.56 Å². The summed E-state index contributed by atoms with van der Waals surface area (Å²) in [6, 6.07) is 6.39. The molecule has 2 heteroatoms. The maximum atomic E-state index is 3.76. The quantitative estimate of drug-likeness (QED) is 0.622. The number of aryl methyl sites for hydroxylation is 2. The zero-order valence-electron chi connectivity index (χ0n) is 9.00. The first kappa shape index (κ1) is 11.9. The topological polar surface area (TPSA) is 4.10 Å². The van der Waals surface area contributed by atoms with Gasteiger partial charge in [0, 0.05) is 23.3 Å². The largest absolute Gasteiger partial charge is 1.00 e. The van der Waals surface area contributed by atoms with Crippen LogP contribution in [0, 0.1) is 13.8 Å². The zero-order chi connectivity index (χ0) is 10.1. The van der Waals surface area contributed by atoms with E-state index in [2.05, 4.69) is 55.4 Å². The second-order valence-corrected chi connectivity index (χ2v) is 3.64. The van der Waals surface area contributed by atoms with Crippen molar-refractivity contribution in [3.63, 3.8) is 0 Å². The molecule has 0 bridgehead atoms. The van der Waals surface area contributed by atoms with Gasteiger partial charge in [-0.1, -0.05) is 12.7 Å². The van der Waals surface area contributed by atoms with Crippen LogP contribution in [0.4, 0.5) is 0 Å². The Hall–Kier alpha value is -1.15. The van der Waals surface area contributed by atoms with E-state index >= 15 is 0 Å². The molecule has 2 aromatic rings. The first-order valence-corrected chi connectivity index (χ1v) is 4.75. The first-order valence-electron chi connectivity index (χ1n) is 4.75. The van der Waals surface area contributed by atoms with Crippen LogP contribution in [0.2, 0.25) is 0 Å². The number of fused-ring (bicyclic) bond motifs is 1. The van der Waals surface area contributed by atoms with E-state index in [4.69, 9.17) is 0 Å². The van der Waals surface area contributed by atoms with Gasteiger partial charge in [0.05, 0.1) is 0 Å². The van der Waals surface area contributed by atoms with Gasteiger partial charge in [-0.05, 0) is 25.5 Å². The Balaban J connectivity index is 0.00000112. The molecular weight excluding hydrogens is 250 g/mol. The molecule has 0 atom stereocenters. The highest BCUT2D eigenvalue weighted by Crippen LogP contribution is 2.08. The van der Waals surface area contributed by atoms with Crippen LogP contribution in [-0.2, 0) is 0 Å². The minimum absolute atomic E-state index is 0. The van der Waals surface area contributed by atoms with Crippen molar-refractivity contribution in [2.45, 2.75) is 13.8 Å². The molecule has 78 valence electrons. The van der Waals surface area contributed by atoms with E-state index < -0.39 is 0 Å². The molecule has 0 spiro atoms. The molecule has 0 radical (unpaired) electrons. The molecule has 0 aliphatic carbocycles. The summed E-state index contributed by atoms with van der Waals surface area (Å²) in [6.07, 6.45) is 6.11. The van der Waals surface area contributed by atoms with Gasteiger partial charge in [0.2, 0.25) is 5.52 Å². The highest BCUT2D eigenvalue weighted by atomic mass is 79.9. The van der Waals surface area contributed by atoms with Crippen LogP contribution in [0.5, 0.6) is 0 Å². The highest BCUT2D eigenvalue weighted by Gasteiger charge is 2.05. The molecule has 2 aromatic heterocycles. The third-order valence-corrected chi connectivity index (χ3v) is 2.59. The molecule has 2 rings (SSSR count). The fraction of sp³-hybridized carbons (Fsp3) is 0.154. The third kappa shape index (κ3) is 2.26. The summed E-state index contributed by atoms with van der Waals surface area (Å²) in [5.41, 5.74) is 5.00. The minimum atomic E-state index is 0. The maximum Gasteiger partial charge on any atom is 0.210 e. The standard InChI is InChI=1S/C13H14N.BrH/c1-4-12-5-6-13-7-10(2)11(3)8-14(13)9-12;/h4-9H,1H2,2-3H3;1H/q+1;/p-1. The number of rotatable bonds is 1. The number of aromatic nitrogens is 1. The molecule has 0 fully saturated rings. The highest BCUT2D eigenvalue weighted by molar-refractivity contribution is 5.50. The number of hydrogen-bond acceptors (Lipinski definition) is 0. The van der Waals surface area contributed by atoms with Gasteiger partial charge in [-0.3, -0.25) is 0 Å². The zero-order valence-corrected chi connectivity index (χ0v) is 10.6. The Labute approximate surface area is 101 Å². The van der Waals surface area contributed by atoms with Crippen LogP contribution >= 0.6 is 0 Å². The van der Waals surface area contributed by atoms with Gasteiger partial charge in [-0.25, -0.2) is 0 Å². The van der Waals surface area contributed by atoms with E-state index in [9.17, 15) is 0 Å². The molecule has 0 N–H and O–H groups in total. The lowest BCUT2D eigenvalue weighted by Crippen LogP contribution is -3.00. The van der Waals surface area contributed by atoms with Crippen molar-refractivity contribution in [1.82, 2.24) is 0 Å². The van der Waals surface area contributed by atoms with Crippen molar-refractivity contribution >= 4 is 11.6 Å². The Bertz CT molecular complexity index is 503. The van der Waals surface area contributed by atoms with Crippen LogP contribution in [0.3, 0.4) is 0 Å². The Morgan fingerprint density at radius 1 is 1.13 bits per heavy atom. The average molecular weight is 264 g/mol. The van der Waals surface area contributed by atoms with Crippen molar-refractivity contribution < 1.29 is 21.4 Å². The first-order chi connectivity index (χ1) is 6.70. The Kier molecular flexibility index (Phi) is 3.64. The van der Waals surface area contributed by atoms with Gasteiger partial charge < -0.3 is 17.0 Å². The minimum Gasteiger partial charge on any atom is -1.00 e. The van der Waals surface area contributed by atoms with E-state index in [1.165, 1.54) is 16.6 Å². The van der Waals surface area contributed by atoms with Gasteiger partial charge >= 0.3 is 0 Å². The summed E-state index contributed by atoms with van der Waals surface area (Å²) in [4.78, 5) is 0. The van der Waals surface area contributed by atoms with E-state index in [0.29, 0.717) is 0 Å². The molecule has 15 heavy (non-hydrogen) atoms. The predicted molar refractivity (Wildman–Crippen MR) is 59.2 cm³/mol. The Morgan fingerprint density at radius 3 is 2.53 bits per heavy atom. The van der Waals surface area contributed by atoms with E-state index in [-0.39, 0.29) is 17.0 Å². The number of nitrogens with zero attached hydrogens (tertiary/aromatic N) is 1. The summed E-state index contributed by atoms with van der Waals surface area (Å²) in [6.45, 7) is 8.03. The van der Waals surface area contributed by atoms with Crippen LogP contribution < -0.4 is 21.4 Å². The SMILES string of the molecule is C=Cc1ccc2cc(C)c(C)c[n+]2c1.[Br-]. The van der Waals surface area contributed by atoms with Crippen molar-refractivity contribution in [3.05, 3.63) is 53.9 Å². The lowest BCUT2D eigenvalue weighted by Gasteiger charge is -1.98. The number of hydrogen-bond donors (Lipinski definition) is 0. The van der Waals surface area contributed by atoms with Crippen LogP contribution in [-0.4, -0.2) is 0 Å². The molecule has 1 nitrogen and oxygen atoms in total. The summed E-state index contributed by atoms with van der Waals surface area (Å²) in [5, 5.41) is 0. The monoisotopic (exact) mass is 263 g/mol. The number of halogens is 1. The lowest BCUT2D eigenvalue weighted by molar-refractivity contribution is -0.512. The Morgan fingerprint density at radius 2 is 1.87 bits per heavy atom. The molecule has 0 aliphatic rings. The molecule has 0 aromatic carbocycles. The van der Waals surface area contributed by atoms with Crippen LogP contribution in [0.15, 0.2) is 37.2 Å². The fourth-order valence-corrected chi connectivity index (χ4v) is 1.55. The summed E-state index contributed by atoms with van der Waals surface area (Å²) in [5.74, 6) is 0. The van der Waals surface area contributed by atoms with Gasteiger partial charge in [-0.15, -0.1) is 0 Å². The molecule has 0 saturated heterocycles. The smallest absolute Gasteiger partial charge is 0.210 e. The van der Waals surface area contributed by atoms with Crippen molar-refractivity contribution in [1.29, 1.82) is 0 Å². The number of pyridine rings is 2. The third-order valence-electron chi connectivity index (χ3n) is 2.59. The van der Waals surface area contributed by atoms with Gasteiger partial charge in [0.1, 0.15) is 0 Å². The van der Waals surface area contributed by atoms with Gasteiger partial charge in [0.15, 0.2) is 12.4 Å². The van der Waals surface area contributed by atoms with Gasteiger partial charge in [-0.2, -0.15) is 4.40 Å². The second-order valence-electron chi connectivity index (χ2n) is 3.64. The second kappa shape index (κ2) is 4.58. The lowest BCUT2D eigenvalue weighted by atomic mass is 10.1. The van der Waals surface area contributed by atoms with Crippen molar-refractivity contribution in [2.24, 2.45) is 0 Å². The molecule has 0 unspecified atom stereocenters. The normalized spacial score (nSPS) is 9.73. The van der Waals surface area contributed by atoms with Crippen LogP contribution in [0.25, 0.3) is 11.6 Å². The average Bonchev–Trinajstić information content (AvgIpc) is 2.19. The van der Waals surface area contributed by atoms with Crippen LogP contribution in [0.1, 0.15) is 16.7 Å². The molecule has 0 saturated carbocycles. The fourth-order valence-electron chi connectivity index (χ4n) is 1.55. The summed E-state index contributed by atoms with van der Waals surface area (Å²) < 4.78 is 2.14.